The van der Waals surface area contributed by atoms with E-state index in [1.807, 2.05) is 26.0 Å². The fourth-order valence-corrected chi connectivity index (χ4v) is 5.02. The van der Waals surface area contributed by atoms with Crippen LogP contribution >= 0.6 is 11.5 Å². The summed E-state index contributed by atoms with van der Waals surface area (Å²) in [7, 11) is 0. The van der Waals surface area contributed by atoms with Crippen molar-refractivity contribution < 1.29 is 24.2 Å². The molecule has 37 heavy (non-hydrogen) atoms. The van der Waals surface area contributed by atoms with Crippen molar-refractivity contribution >= 4 is 40.6 Å². The molecule has 2 atom stereocenters. The van der Waals surface area contributed by atoms with Gasteiger partial charge >= 0.3 is 0 Å². The predicted octanol–water partition coefficient (Wildman–Crippen LogP) is 2.83. The molecule has 194 valence electrons. The van der Waals surface area contributed by atoms with Crippen LogP contribution in [-0.2, 0) is 9.53 Å². The lowest BCUT2D eigenvalue weighted by atomic mass is 10.00. The van der Waals surface area contributed by atoms with Crippen molar-refractivity contribution in [3.63, 3.8) is 0 Å². The number of phenols is 1. The van der Waals surface area contributed by atoms with Gasteiger partial charge in [0, 0.05) is 18.8 Å². The third kappa shape index (κ3) is 5.57. The molecule has 2 aromatic carbocycles. The van der Waals surface area contributed by atoms with E-state index in [-0.39, 0.29) is 34.7 Å². The molecule has 0 spiro atoms. The molecule has 0 bridgehead atoms. The van der Waals surface area contributed by atoms with E-state index in [1.54, 1.807) is 18.2 Å². The van der Waals surface area contributed by atoms with Gasteiger partial charge in [0.1, 0.15) is 16.7 Å². The highest BCUT2D eigenvalue weighted by atomic mass is 32.1. The molecule has 1 aromatic heterocycles. The number of anilines is 2. The molecular formula is C26H29N5O5S. The molecule has 1 fully saturated rings. The summed E-state index contributed by atoms with van der Waals surface area (Å²) in [6.45, 7) is 4.64. The molecule has 1 aliphatic rings. The van der Waals surface area contributed by atoms with E-state index in [0.717, 1.165) is 35.5 Å². The van der Waals surface area contributed by atoms with E-state index in [4.69, 9.17) is 16.2 Å². The van der Waals surface area contributed by atoms with Crippen LogP contribution in [0.5, 0.6) is 5.75 Å². The average Bonchev–Trinajstić information content (AvgIpc) is 3.53. The van der Waals surface area contributed by atoms with Crippen molar-refractivity contribution in [3.05, 3.63) is 69.7 Å². The Bertz CT molecular complexity index is 1320. The number of hydrogen-bond acceptors (Lipinski definition) is 8. The highest BCUT2D eigenvalue weighted by molar-refractivity contribution is 7.09. The lowest BCUT2D eigenvalue weighted by Gasteiger charge is -2.33. The number of nitrogens with one attached hydrogen (secondary N) is 1. The number of carbonyl (C=O) groups is 3. The first-order valence-electron chi connectivity index (χ1n) is 11.8. The van der Waals surface area contributed by atoms with Crippen LogP contribution in [0.15, 0.2) is 42.5 Å². The Morgan fingerprint density at radius 2 is 1.95 bits per heavy atom. The first kappa shape index (κ1) is 26.1. The molecule has 0 radical (unpaired) electrons. The standard InChI is InChI=1S/C26H29N5O5S/c1-14-5-6-15(2)19(12-14)31(26(35)23-20(27)21(24(28)33)30-37-23)22(16-7-9-17(32)10-8-16)25(34)29-13-18-4-3-11-36-18/h5-10,12,18,22,32H,3-4,11,13,27H2,1-2H3,(H2,28,33)(H,29,34)/t18-,22-/m1/s1. The molecule has 2 heterocycles. The molecule has 0 saturated carbocycles. The first-order valence-corrected chi connectivity index (χ1v) is 12.6. The zero-order valence-corrected chi connectivity index (χ0v) is 21.4. The number of nitrogens with two attached hydrogens (primary N) is 2. The topological polar surface area (TPSA) is 161 Å². The van der Waals surface area contributed by atoms with Gasteiger partial charge in [-0.3, -0.25) is 19.3 Å². The summed E-state index contributed by atoms with van der Waals surface area (Å²) in [5.41, 5.74) is 13.7. The van der Waals surface area contributed by atoms with Gasteiger partial charge in [0.05, 0.1) is 11.8 Å². The number of carbonyl (C=O) groups excluding carboxylic acids is 3. The van der Waals surface area contributed by atoms with Crippen LogP contribution in [0.3, 0.4) is 0 Å². The van der Waals surface area contributed by atoms with E-state index >= 15 is 0 Å². The van der Waals surface area contributed by atoms with E-state index in [1.165, 1.54) is 17.0 Å². The van der Waals surface area contributed by atoms with Gasteiger partial charge in [0.2, 0.25) is 5.91 Å². The molecule has 1 saturated heterocycles. The Hall–Kier alpha value is -3.96. The van der Waals surface area contributed by atoms with Crippen LogP contribution in [0.2, 0.25) is 0 Å². The van der Waals surface area contributed by atoms with Gasteiger partial charge in [-0.1, -0.05) is 24.3 Å². The number of rotatable bonds is 8. The molecule has 0 unspecified atom stereocenters. The van der Waals surface area contributed by atoms with Crippen molar-refractivity contribution in [2.45, 2.75) is 38.8 Å². The molecule has 3 amide bonds. The van der Waals surface area contributed by atoms with Gasteiger partial charge in [-0.05, 0) is 73.1 Å². The third-order valence-corrected chi connectivity index (χ3v) is 7.09. The van der Waals surface area contributed by atoms with E-state index in [2.05, 4.69) is 9.69 Å². The normalized spacial score (nSPS) is 15.8. The van der Waals surface area contributed by atoms with Crippen LogP contribution < -0.4 is 21.7 Å². The Balaban J connectivity index is 1.84. The number of nitrogen functional groups attached to an aromatic ring is 1. The van der Waals surface area contributed by atoms with E-state index in [9.17, 15) is 19.5 Å². The minimum absolute atomic E-state index is 0.00888. The number of ether oxygens (including phenoxy) is 1. The number of primary amides is 1. The summed E-state index contributed by atoms with van der Waals surface area (Å²) < 4.78 is 9.62. The van der Waals surface area contributed by atoms with Gasteiger partial charge in [0.25, 0.3) is 11.8 Å². The lowest BCUT2D eigenvalue weighted by Crippen LogP contribution is -2.46. The highest BCUT2D eigenvalue weighted by Crippen LogP contribution is 2.35. The van der Waals surface area contributed by atoms with Crippen molar-refractivity contribution in [1.29, 1.82) is 0 Å². The molecule has 4 rings (SSSR count). The van der Waals surface area contributed by atoms with Gasteiger partial charge < -0.3 is 26.6 Å². The van der Waals surface area contributed by atoms with Crippen LogP contribution in [0.4, 0.5) is 11.4 Å². The lowest BCUT2D eigenvalue weighted by molar-refractivity contribution is -0.123. The van der Waals surface area contributed by atoms with Crippen molar-refractivity contribution in [2.75, 3.05) is 23.8 Å². The second kappa shape index (κ2) is 11.0. The largest absolute Gasteiger partial charge is 0.508 e. The number of amides is 3. The number of benzene rings is 2. The Kier molecular flexibility index (Phi) is 7.74. The summed E-state index contributed by atoms with van der Waals surface area (Å²) in [6.07, 6.45) is 1.64. The fraction of sp³-hybridized carbons (Fsp3) is 0.308. The second-order valence-electron chi connectivity index (χ2n) is 8.98. The minimum Gasteiger partial charge on any atom is -0.508 e. The van der Waals surface area contributed by atoms with Crippen molar-refractivity contribution in [2.24, 2.45) is 5.73 Å². The Morgan fingerprint density at radius 1 is 1.22 bits per heavy atom. The third-order valence-electron chi connectivity index (χ3n) is 6.24. The first-order chi connectivity index (χ1) is 17.7. The maximum Gasteiger partial charge on any atom is 0.273 e. The summed E-state index contributed by atoms with van der Waals surface area (Å²) >= 11 is 0.747. The average molecular weight is 524 g/mol. The quantitative estimate of drug-likeness (QED) is 0.353. The summed E-state index contributed by atoms with van der Waals surface area (Å²) in [4.78, 5) is 41.0. The number of nitrogens with zero attached hydrogens (tertiary/aromatic N) is 2. The van der Waals surface area contributed by atoms with Crippen LogP contribution in [0, 0.1) is 13.8 Å². The van der Waals surface area contributed by atoms with E-state index < -0.39 is 23.8 Å². The molecule has 0 aliphatic carbocycles. The number of aryl methyl sites for hydroxylation is 2. The minimum atomic E-state index is -1.13. The molecular weight excluding hydrogens is 494 g/mol. The number of aromatic nitrogens is 1. The maximum atomic E-state index is 14.1. The van der Waals surface area contributed by atoms with Gasteiger partial charge in [-0.2, -0.15) is 4.37 Å². The van der Waals surface area contributed by atoms with Crippen LogP contribution in [0.25, 0.3) is 0 Å². The molecule has 1 aliphatic heterocycles. The Labute approximate surface area is 218 Å². The zero-order valence-electron chi connectivity index (χ0n) is 20.6. The van der Waals surface area contributed by atoms with Gasteiger partial charge in [-0.15, -0.1) is 0 Å². The smallest absolute Gasteiger partial charge is 0.273 e. The number of hydrogen-bond donors (Lipinski definition) is 4. The van der Waals surface area contributed by atoms with Crippen molar-refractivity contribution in [1.82, 2.24) is 9.69 Å². The number of phenolic OH excluding ortho intramolecular Hbond substituents is 1. The SMILES string of the molecule is Cc1ccc(C)c(N(C(=O)c2snc(C(N)=O)c2N)[C@@H](C(=O)NC[C@H]2CCCO2)c2ccc(O)cc2)c1. The molecule has 6 N–H and O–H groups in total. The Morgan fingerprint density at radius 3 is 2.57 bits per heavy atom. The van der Waals surface area contributed by atoms with Crippen LogP contribution in [0.1, 0.15) is 55.7 Å². The molecule has 3 aromatic rings. The molecule has 10 nitrogen and oxygen atoms in total. The monoisotopic (exact) mass is 523 g/mol. The highest BCUT2D eigenvalue weighted by Gasteiger charge is 2.37. The summed E-state index contributed by atoms with van der Waals surface area (Å²) in [6, 6.07) is 10.5. The van der Waals surface area contributed by atoms with Crippen LogP contribution in [-0.4, -0.2) is 46.5 Å². The summed E-state index contributed by atoms with van der Waals surface area (Å²) in [5.74, 6) is -1.88. The second-order valence-corrected chi connectivity index (χ2v) is 9.75. The fourth-order valence-electron chi connectivity index (χ4n) is 4.27. The van der Waals surface area contributed by atoms with Gasteiger partial charge in [-0.25, -0.2) is 0 Å². The maximum absolute atomic E-state index is 14.1. The predicted molar refractivity (Wildman–Crippen MR) is 141 cm³/mol. The van der Waals surface area contributed by atoms with Crippen molar-refractivity contribution in [3.8, 4) is 5.75 Å². The van der Waals surface area contributed by atoms with Gasteiger partial charge in [0.15, 0.2) is 5.69 Å². The number of aromatic hydroxyl groups is 1. The van der Waals surface area contributed by atoms with E-state index in [0.29, 0.717) is 17.9 Å². The zero-order chi connectivity index (χ0) is 26.7. The summed E-state index contributed by atoms with van der Waals surface area (Å²) in [5, 5.41) is 12.8. The molecule has 11 heteroatoms.